The molecule has 2 saturated carbocycles. The van der Waals surface area contributed by atoms with Crippen LogP contribution >= 0.6 is 11.6 Å². The lowest BCUT2D eigenvalue weighted by atomic mass is 9.67. The molecule has 2 heterocycles. The predicted molar refractivity (Wildman–Crippen MR) is 175 cm³/mol. The van der Waals surface area contributed by atoms with Crippen molar-refractivity contribution >= 4 is 39.1 Å². The first kappa shape index (κ1) is 30.9. The van der Waals surface area contributed by atoms with Gasteiger partial charge in [0.2, 0.25) is 15.9 Å². The monoisotopic (exact) mass is 653 g/mol. The number of halogens is 1. The standard InChI is InChI=1S/C35H44ClN3O5S/c1-38(34(41)23-8-9-23)30-7-3-2-4-17-45(42,43)37-33(40)25-11-15-32-31(19-25)39(20-26-10-13-28(26)30)21-35(22-44-32)16-5-6-24-18-27(36)12-14-29(24)35/h11-12,14-15,18-19,23,26,28,30H,2-10,13,16-17,20-22H2,1H3,(H,37,40)/t26-,28+,30+,35-/m0/s1. The van der Waals surface area contributed by atoms with Gasteiger partial charge in [0.1, 0.15) is 5.75 Å². The second kappa shape index (κ2) is 12.1. The summed E-state index contributed by atoms with van der Waals surface area (Å²) < 4.78 is 34.7. The number of hydrogen-bond acceptors (Lipinski definition) is 6. The van der Waals surface area contributed by atoms with Crippen LogP contribution in [0.1, 0.15) is 85.7 Å². The Morgan fingerprint density at radius 3 is 2.67 bits per heavy atom. The fraction of sp³-hybridized carbons (Fsp3) is 0.600. The van der Waals surface area contributed by atoms with Crippen molar-refractivity contribution in [3.63, 3.8) is 0 Å². The molecule has 10 heteroatoms. The van der Waals surface area contributed by atoms with E-state index in [1.807, 2.05) is 30.1 Å². The molecule has 45 heavy (non-hydrogen) atoms. The minimum Gasteiger partial charge on any atom is -0.490 e. The Balaban J connectivity index is 1.27. The molecule has 2 amide bonds. The zero-order valence-corrected chi connectivity index (χ0v) is 27.7. The van der Waals surface area contributed by atoms with E-state index in [4.69, 9.17) is 16.3 Å². The summed E-state index contributed by atoms with van der Waals surface area (Å²) in [6.45, 7) is 2.03. The van der Waals surface area contributed by atoms with Gasteiger partial charge in [-0.3, -0.25) is 9.59 Å². The summed E-state index contributed by atoms with van der Waals surface area (Å²) in [5.41, 5.74) is 3.43. The normalized spacial score (nSPS) is 29.7. The molecule has 0 unspecified atom stereocenters. The van der Waals surface area contributed by atoms with Crippen molar-refractivity contribution in [1.29, 1.82) is 0 Å². The summed E-state index contributed by atoms with van der Waals surface area (Å²) in [6.07, 6.45) is 10.1. The van der Waals surface area contributed by atoms with Gasteiger partial charge in [0.15, 0.2) is 0 Å². The molecule has 0 aromatic heterocycles. The highest BCUT2D eigenvalue weighted by Crippen LogP contribution is 2.48. The van der Waals surface area contributed by atoms with E-state index >= 15 is 0 Å². The summed E-state index contributed by atoms with van der Waals surface area (Å²) in [5.74, 6) is 1.20. The molecule has 0 saturated heterocycles. The third-order valence-electron chi connectivity index (χ3n) is 11.2. The largest absolute Gasteiger partial charge is 0.490 e. The Bertz CT molecular complexity index is 1590. The van der Waals surface area contributed by atoms with Gasteiger partial charge < -0.3 is 14.5 Å². The highest BCUT2D eigenvalue weighted by atomic mass is 35.5. The van der Waals surface area contributed by atoms with Gasteiger partial charge in [0.25, 0.3) is 5.91 Å². The number of sulfonamides is 1. The third kappa shape index (κ3) is 6.19. The van der Waals surface area contributed by atoms with Gasteiger partial charge >= 0.3 is 0 Å². The molecule has 242 valence electrons. The van der Waals surface area contributed by atoms with E-state index in [0.29, 0.717) is 36.2 Å². The number of amides is 2. The van der Waals surface area contributed by atoms with Gasteiger partial charge in [-0.25, -0.2) is 13.1 Å². The lowest BCUT2D eigenvalue weighted by Crippen LogP contribution is -2.53. The number of carbonyl (C=O) groups is 2. The summed E-state index contributed by atoms with van der Waals surface area (Å²) in [6, 6.07) is 11.7. The van der Waals surface area contributed by atoms with Crippen LogP contribution in [-0.2, 0) is 26.7 Å². The van der Waals surface area contributed by atoms with Gasteiger partial charge in [-0.2, -0.15) is 0 Å². The van der Waals surface area contributed by atoms with E-state index in [-0.39, 0.29) is 29.0 Å². The van der Waals surface area contributed by atoms with Crippen LogP contribution in [0.3, 0.4) is 0 Å². The number of nitrogens with one attached hydrogen (secondary N) is 1. The molecule has 0 radical (unpaired) electrons. The first-order chi connectivity index (χ1) is 21.6. The van der Waals surface area contributed by atoms with E-state index in [1.54, 1.807) is 6.07 Å². The molecule has 2 aromatic rings. The number of aryl methyl sites for hydroxylation is 1. The average molecular weight is 654 g/mol. The Kier molecular flexibility index (Phi) is 8.30. The van der Waals surface area contributed by atoms with Crippen molar-refractivity contribution in [1.82, 2.24) is 9.62 Å². The molecule has 8 nitrogen and oxygen atoms in total. The molecule has 1 N–H and O–H groups in total. The number of nitrogens with zero attached hydrogens (tertiary/aromatic N) is 2. The Morgan fingerprint density at radius 1 is 1.04 bits per heavy atom. The van der Waals surface area contributed by atoms with Crippen LogP contribution in [0.25, 0.3) is 0 Å². The topological polar surface area (TPSA) is 96.0 Å². The van der Waals surface area contributed by atoms with Gasteiger partial charge in [-0.1, -0.05) is 30.5 Å². The molecule has 7 rings (SSSR count). The summed E-state index contributed by atoms with van der Waals surface area (Å²) in [5, 5.41) is 0.743. The van der Waals surface area contributed by atoms with Crippen molar-refractivity contribution < 1.29 is 22.7 Å². The molecule has 5 aliphatic rings. The number of ether oxygens (including phenoxy) is 1. The van der Waals surface area contributed by atoms with E-state index < -0.39 is 15.9 Å². The quantitative estimate of drug-likeness (QED) is 0.446. The number of rotatable bonds is 2. The second-order valence-corrected chi connectivity index (χ2v) is 16.5. The van der Waals surface area contributed by atoms with Crippen LogP contribution in [0, 0.1) is 17.8 Å². The minimum absolute atomic E-state index is 0.0988. The van der Waals surface area contributed by atoms with E-state index in [2.05, 4.69) is 21.8 Å². The molecule has 2 aliphatic heterocycles. The first-order valence-electron chi connectivity index (χ1n) is 16.7. The van der Waals surface area contributed by atoms with Gasteiger partial charge in [0, 0.05) is 48.1 Å². The van der Waals surface area contributed by atoms with Gasteiger partial charge in [-0.15, -0.1) is 0 Å². The van der Waals surface area contributed by atoms with Crippen molar-refractivity contribution in [3.8, 4) is 5.75 Å². The van der Waals surface area contributed by atoms with Crippen molar-refractivity contribution in [2.24, 2.45) is 17.8 Å². The number of carbonyl (C=O) groups excluding carboxylic acids is 2. The highest BCUT2D eigenvalue weighted by molar-refractivity contribution is 7.90. The second-order valence-electron chi connectivity index (χ2n) is 14.2. The van der Waals surface area contributed by atoms with Crippen molar-refractivity contribution in [3.05, 3.63) is 58.1 Å². The van der Waals surface area contributed by atoms with Crippen LogP contribution in [-0.4, -0.2) is 63.7 Å². The Morgan fingerprint density at radius 2 is 1.89 bits per heavy atom. The number of fused-ring (bicyclic) bond motifs is 4. The molecule has 2 fully saturated rings. The zero-order chi connectivity index (χ0) is 31.3. The summed E-state index contributed by atoms with van der Waals surface area (Å²) in [7, 11) is -1.80. The van der Waals surface area contributed by atoms with E-state index in [0.717, 1.165) is 88.0 Å². The van der Waals surface area contributed by atoms with E-state index in [1.165, 1.54) is 11.1 Å². The molecule has 1 spiro atoms. The van der Waals surface area contributed by atoms with Crippen LogP contribution in [0.5, 0.6) is 5.75 Å². The van der Waals surface area contributed by atoms with Gasteiger partial charge in [-0.05, 0) is 111 Å². The van der Waals surface area contributed by atoms with Crippen LogP contribution < -0.4 is 14.4 Å². The van der Waals surface area contributed by atoms with Crippen LogP contribution in [0.15, 0.2) is 36.4 Å². The Labute approximate surface area is 271 Å². The lowest BCUT2D eigenvalue weighted by molar-refractivity contribution is -0.136. The summed E-state index contributed by atoms with van der Waals surface area (Å²) in [4.78, 5) is 31.0. The lowest BCUT2D eigenvalue weighted by Gasteiger charge is -2.48. The van der Waals surface area contributed by atoms with Crippen LogP contribution in [0.2, 0.25) is 5.02 Å². The third-order valence-corrected chi connectivity index (χ3v) is 12.7. The maximum atomic E-state index is 13.3. The molecular weight excluding hydrogens is 610 g/mol. The number of anilines is 1. The fourth-order valence-electron chi connectivity index (χ4n) is 8.42. The highest BCUT2D eigenvalue weighted by Gasteiger charge is 2.46. The zero-order valence-electron chi connectivity index (χ0n) is 26.1. The maximum Gasteiger partial charge on any atom is 0.264 e. The molecule has 4 atom stereocenters. The average Bonchev–Trinajstić information content (AvgIpc) is 3.86. The number of benzene rings is 2. The predicted octanol–water partition coefficient (Wildman–Crippen LogP) is 5.71. The van der Waals surface area contributed by atoms with Crippen molar-refractivity contribution in [2.45, 2.75) is 82.1 Å². The van der Waals surface area contributed by atoms with Gasteiger partial charge in [0.05, 0.1) is 18.0 Å². The fourth-order valence-corrected chi connectivity index (χ4v) is 9.70. The van der Waals surface area contributed by atoms with E-state index in [9.17, 15) is 18.0 Å². The van der Waals surface area contributed by atoms with Crippen LogP contribution in [0.4, 0.5) is 5.69 Å². The first-order valence-corrected chi connectivity index (χ1v) is 18.8. The maximum absolute atomic E-state index is 13.3. The smallest absolute Gasteiger partial charge is 0.264 e. The number of hydrogen-bond donors (Lipinski definition) is 1. The molecule has 2 aromatic carbocycles. The summed E-state index contributed by atoms with van der Waals surface area (Å²) >= 11 is 6.43. The SMILES string of the molecule is CN(C(=O)C1CC1)[C@@H]1CCCCCS(=O)(=O)NC(=O)c2ccc3c(c2)N(C[C@@H]2CC[C@H]21)C[C@@]1(CCCc2cc(Cl)ccc21)CO3. The Hall–Kier alpha value is -2.78. The van der Waals surface area contributed by atoms with Crippen molar-refractivity contribution in [2.75, 3.05) is 37.4 Å². The minimum atomic E-state index is -3.78. The molecule has 3 aliphatic carbocycles. The molecular formula is C35H44ClN3O5S. The molecule has 2 bridgehead atoms.